The van der Waals surface area contributed by atoms with Crippen molar-refractivity contribution >= 4 is 34.0 Å². The number of hydrogen-bond donors (Lipinski definition) is 2. The standard InChI is InChI=1S/C22H25BrFN3O4/c1-5-31-20-17(23)10-14(11-18(20)30-4)12-25-27-22(29)19(13(2)3)26-21(28)15-6-8-16(24)9-7-15/h6-13,19H,5H2,1-4H3,(H,26,28)(H,27,29)/b25-12+. The Labute approximate surface area is 189 Å². The molecule has 0 heterocycles. The van der Waals surface area contributed by atoms with Crippen molar-refractivity contribution in [2.75, 3.05) is 13.7 Å². The van der Waals surface area contributed by atoms with E-state index in [1.165, 1.54) is 37.6 Å². The third-order valence-corrected chi connectivity index (χ3v) is 4.86. The van der Waals surface area contributed by atoms with Crippen LogP contribution in [-0.2, 0) is 4.79 Å². The highest BCUT2D eigenvalue weighted by Gasteiger charge is 2.24. The summed E-state index contributed by atoms with van der Waals surface area (Å²) in [5, 5.41) is 6.64. The Morgan fingerprint density at radius 2 is 1.90 bits per heavy atom. The van der Waals surface area contributed by atoms with Gasteiger partial charge in [-0.1, -0.05) is 13.8 Å². The molecule has 31 heavy (non-hydrogen) atoms. The minimum absolute atomic E-state index is 0.195. The van der Waals surface area contributed by atoms with E-state index in [1.807, 2.05) is 6.92 Å². The van der Waals surface area contributed by atoms with Crippen molar-refractivity contribution in [1.82, 2.24) is 10.7 Å². The Morgan fingerprint density at radius 3 is 2.48 bits per heavy atom. The molecule has 0 saturated heterocycles. The van der Waals surface area contributed by atoms with Crippen LogP contribution in [0.2, 0.25) is 0 Å². The van der Waals surface area contributed by atoms with Crippen LogP contribution in [-0.4, -0.2) is 37.8 Å². The smallest absolute Gasteiger partial charge is 0.262 e. The largest absolute Gasteiger partial charge is 0.493 e. The monoisotopic (exact) mass is 493 g/mol. The molecule has 0 aliphatic heterocycles. The van der Waals surface area contributed by atoms with Crippen LogP contribution in [0.3, 0.4) is 0 Å². The number of amides is 2. The van der Waals surface area contributed by atoms with Crippen LogP contribution in [0.4, 0.5) is 4.39 Å². The number of methoxy groups -OCH3 is 1. The molecule has 0 saturated carbocycles. The maximum atomic E-state index is 13.1. The van der Waals surface area contributed by atoms with Gasteiger partial charge in [0, 0.05) is 5.56 Å². The molecule has 0 spiro atoms. The summed E-state index contributed by atoms with van der Waals surface area (Å²) >= 11 is 3.43. The fraction of sp³-hybridized carbons (Fsp3) is 0.318. The van der Waals surface area contributed by atoms with E-state index >= 15 is 0 Å². The molecule has 0 bridgehead atoms. The van der Waals surface area contributed by atoms with Crippen LogP contribution >= 0.6 is 15.9 Å². The lowest BCUT2D eigenvalue weighted by atomic mass is 10.0. The van der Waals surface area contributed by atoms with E-state index in [0.717, 1.165) is 0 Å². The lowest BCUT2D eigenvalue weighted by molar-refractivity contribution is -0.123. The summed E-state index contributed by atoms with van der Waals surface area (Å²) < 4.78 is 24.6. The average Bonchev–Trinajstić information content (AvgIpc) is 2.73. The van der Waals surface area contributed by atoms with Crippen LogP contribution in [0.15, 0.2) is 46.0 Å². The lowest BCUT2D eigenvalue weighted by Gasteiger charge is -2.20. The second-order valence-corrected chi connectivity index (χ2v) is 7.76. The maximum absolute atomic E-state index is 13.1. The number of carbonyl (C=O) groups is 2. The molecule has 0 aromatic heterocycles. The Hall–Kier alpha value is -2.94. The molecule has 1 unspecified atom stereocenters. The molecule has 7 nitrogen and oxygen atoms in total. The van der Waals surface area contributed by atoms with E-state index in [9.17, 15) is 14.0 Å². The van der Waals surface area contributed by atoms with Crippen molar-refractivity contribution in [2.45, 2.75) is 26.8 Å². The Balaban J connectivity index is 2.07. The molecule has 0 fully saturated rings. The van der Waals surface area contributed by atoms with Gasteiger partial charge in [0.15, 0.2) is 11.5 Å². The highest BCUT2D eigenvalue weighted by molar-refractivity contribution is 9.10. The summed E-state index contributed by atoms with van der Waals surface area (Å²) in [5.74, 6) is -0.484. The summed E-state index contributed by atoms with van der Waals surface area (Å²) in [4.78, 5) is 25.0. The summed E-state index contributed by atoms with van der Waals surface area (Å²) in [6.45, 7) is 5.95. The number of halogens is 2. The fourth-order valence-electron chi connectivity index (χ4n) is 2.70. The molecule has 2 N–H and O–H groups in total. The molecule has 1 atom stereocenters. The second kappa shape index (κ2) is 11.5. The molecule has 2 aromatic rings. The van der Waals surface area contributed by atoms with Crippen molar-refractivity contribution in [3.8, 4) is 11.5 Å². The highest BCUT2D eigenvalue weighted by Crippen LogP contribution is 2.36. The number of carbonyl (C=O) groups excluding carboxylic acids is 2. The number of nitrogens with one attached hydrogen (secondary N) is 2. The van der Waals surface area contributed by atoms with Crippen molar-refractivity contribution < 1.29 is 23.5 Å². The van der Waals surface area contributed by atoms with E-state index in [2.05, 4.69) is 31.8 Å². The third-order valence-electron chi connectivity index (χ3n) is 4.27. The average molecular weight is 494 g/mol. The molecular weight excluding hydrogens is 469 g/mol. The van der Waals surface area contributed by atoms with Crippen LogP contribution in [0.1, 0.15) is 36.7 Å². The summed E-state index contributed by atoms with van der Waals surface area (Å²) in [5.41, 5.74) is 3.37. The first-order valence-electron chi connectivity index (χ1n) is 9.66. The van der Waals surface area contributed by atoms with Crippen molar-refractivity contribution in [3.05, 3.63) is 57.8 Å². The third kappa shape index (κ3) is 6.78. The van der Waals surface area contributed by atoms with Crippen LogP contribution in [0.5, 0.6) is 11.5 Å². The summed E-state index contributed by atoms with van der Waals surface area (Å²) in [6, 6.07) is 7.77. The number of nitrogens with zero attached hydrogens (tertiary/aromatic N) is 1. The number of rotatable bonds is 9. The van der Waals surface area contributed by atoms with Crippen molar-refractivity contribution in [2.24, 2.45) is 11.0 Å². The predicted molar refractivity (Wildman–Crippen MR) is 120 cm³/mol. The molecule has 2 aromatic carbocycles. The molecule has 9 heteroatoms. The van der Waals surface area contributed by atoms with Gasteiger partial charge in [0.1, 0.15) is 11.9 Å². The van der Waals surface area contributed by atoms with E-state index < -0.39 is 23.7 Å². The van der Waals surface area contributed by atoms with Gasteiger partial charge in [0.2, 0.25) is 0 Å². The van der Waals surface area contributed by atoms with Gasteiger partial charge in [-0.2, -0.15) is 5.10 Å². The molecule has 0 aliphatic rings. The molecule has 0 aliphatic carbocycles. The number of benzene rings is 2. The molecule has 166 valence electrons. The Morgan fingerprint density at radius 1 is 1.23 bits per heavy atom. The Kier molecular flexibility index (Phi) is 8.99. The van der Waals surface area contributed by atoms with Gasteiger partial charge < -0.3 is 14.8 Å². The summed E-state index contributed by atoms with van der Waals surface area (Å²) in [6.07, 6.45) is 1.46. The first kappa shape index (κ1) is 24.3. The molecule has 2 rings (SSSR count). The first-order chi connectivity index (χ1) is 14.8. The van der Waals surface area contributed by atoms with Gasteiger partial charge in [-0.05, 0) is 70.7 Å². The minimum Gasteiger partial charge on any atom is -0.493 e. The fourth-order valence-corrected chi connectivity index (χ4v) is 3.27. The zero-order chi connectivity index (χ0) is 23.0. The van der Waals surface area contributed by atoms with Gasteiger partial charge >= 0.3 is 0 Å². The quantitative estimate of drug-likeness (QED) is 0.409. The van der Waals surface area contributed by atoms with E-state index in [4.69, 9.17) is 9.47 Å². The van der Waals surface area contributed by atoms with E-state index in [1.54, 1.807) is 26.0 Å². The van der Waals surface area contributed by atoms with Crippen LogP contribution < -0.4 is 20.2 Å². The zero-order valence-electron chi connectivity index (χ0n) is 17.7. The van der Waals surface area contributed by atoms with E-state index in [-0.39, 0.29) is 11.5 Å². The van der Waals surface area contributed by atoms with Crippen molar-refractivity contribution in [1.29, 1.82) is 0 Å². The second-order valence-electron chi connectivity index (χ2n) is 6.90. The first-order valence-corrected chi connectivity index (χ1v) is 10.5. The number of hydrogen-bond acceptors (Lipinski definition) is 5. The SMILES string of the molecule is CCOc1c(Br)cc(/C=N/NC(=O)C(NC(=O)c2ccc(F)cc2)C(C)C)cc1OC. The maximum Gasteiger partial charge on any atom is 0.262 e. The number of hydrazone groups is 1. The van der Waals surface area contributed by atoms with Crippen LogP contribution in [0, 0.1) is 11.7 Å². The molecular formula is C22H25BrFN3O4. The van der Waals surface area contributed by atoms with Gasteiger partial charge in [-0.15, -0.1) is 0 Å². The van der Waals surface area contributed by atoms with Crippen LogP contribution in [0.25, 0.3) is 0 Å². The van der Waals surface area contributed by atoms with Gasteiger partial charge in [-0.25, -0.2) is 9.82 Å². The lowest BCUT2D eigenvalue weighted by Crippen LogP contribution is -2.48. The van der Waals surface area contributed by atoms with Gasteiger partial charge in [-0.3, -0.25) is 9.59 Å². The normalized spacial score (nSPS) is 12.0. The molecule has 2 amide bonds. The van der Waals surface area contributed by atoms with Gasteiger partial charge in [0.05, 0.1) is 24.4 Å². The van der Waals surface area contributed by atoms with E-state index in [0.29, 0.717) is 28.1 Å². The summed E-state index contributed by atoms with van der Waals surface area (Å²) in [7, 11) is 1.53. The zero-order valence-corrected chi connectivity index (χ0v) is 19.3. The Bertz CT molecular complexity index is 949. The van der Waals surface area contributed by atoms with Gasteiger partial charge in [0.25, 0.3) is 11.8 Å². The predicted octanol–water partition coefficient (Wildman–Crippen LogP) is 3.90. The molecule has 0 radical (unpaired) electrons. The number of ether oxygens (including phenoxy) is 2. The minimum atomic E-state index is -0.823. The highest BCUT2D eigenvalue weighted by atomic mass is 79.9. The topological polar surface area (TPSA) is 89.0 Å². The van der Waals surface area contributed by atoms with Crippen molar-refractivity contribution in [3.63, 3.8) is 0 Å².